The molecule has 1 aliphatic heterocycles. The molecule has 4 aromatic rings. The SMILES string of the molecule is COC(=O)N[C@@H]1[C@H](N)CN(c2ccncc2Nc2ncc3ccc(-c4c(F)cc(C5(O)CCC5)cc4F)nn23)C[C@@H]1C. The molecule has 2 aliphatic rings. The molecule has 1 amide bonds. The van der Waals surface area contributed by atoms with Crippen molar-refractivity contribution in [2.24, 2.45) is 11.7 Å². The maximum atomic E-state index is 15.2. The number of ether oxygens (including phenoxy) is 1. The minimum atomic E-state index is -1.19. The first kappa shape index (κ1) is 27.8. The van der Waals surface area contributed by atoms with Gasteiger partial charge >= 0.3 is 6.09 Å². The molecule has 0 radical (unpaired) electrons. The lowest BCUT2D eigenvalue weighted by Crippen LogP contribution is -2.62. The van der Waals surface area contributed by atoms with Gasteiger partial charge in [-0.1, -0.05) is 6.92 Å². The molecule has 11 nitrogen and oxygen atoms in total. The first-order valence-corrected chi connectivity index (χ1v) is 13.8. The number of benzene rings is 1. The van der Waals surface area contributed by atoms with Gasteiger partial charge in [0.2, 0.25) is 5.95 Å². The van der Waals surface area contributed by atoms with Crippen LogP contribution in [-0.2, 0) is 10.3 Å². The third-order valence-corrected chi connectivity index (χ3v) is 8.27. The van der Waals surface area contributed by atoms with Crippen LogP contribution in [0.4, 0.5) is 30.9 Å². The molecule has 220 valence electrons. The third kappa shape index (κ3) is 4.98. The van der Waals surface area contributed by atoms with Crippen molar-refractivity contribution in [3.8, 4) is 11.3 Å². The van der Waals surface area contributed by atoms with E-state index in [1.165, 1.54) is 29.8 Å². The Labute approximate surface area is 240 Å². The number of rotatable bonds is 6. The van der Waals surface area contributed by atoms with Crippen molar-refractivity contribution >= 4 is 28.9 Å². The first-order valence-electron chi connectivity index (χ1n) is 13.8. The summed E-state index contributed by atoms with van der Waals surface area (Å²) in [5.74, 6) is -1.25. The van der Waals surface area contributed by atoms with Gasteiger partial charge in [-0.05, 0) is 61.1 Å². The summed E-state index contributed by atoms with van der Waals surface area (Å²) >= 11 is 0. The van der Waals surface area contributed by atoms with Gasteiger partial charge in [0.25, 0.3) is 0 Å². The van der Waals surface area contributed by atoms with Crippen LogP contribution in [0.2, 0.25) is 0 Å². The molecule has 42 heavy (non-hydrogen) atoms. The largest absolute Gasteiger partial charge is 0.453 e. The third-order valence-electron chi connectivity index (χ3n) is 8.27. The van der Waals surface area contributed by atoms with Crippen molar-refractivity contribution in [2.45, 2.75) is 43.9 Å². The topological polar surface area (TPSA) is 143 Å². The van der Waals surface area contributed by atoms with Gasteiger partial charge in [0.05, 0.1) is 59.3 Å². The molecule has 0 unspecified atom stereocenters. The van der Waals surface area contributed by atoms with Crippen LogP contribution in [-0.4, -0.2) is 63.1 Å². The molecule has 2 fully saturated rings. The fourth-order valence-electron chi connectivity index (χ4n) is 5.83. The number of hydrogen-bond donors (Lipinski definition) is 4. The molecule has 13 heteroatoms. The van der Waals surface area contributed by atoms with E-state index in [1.807, 2.05) is 13.0 Å². The number of hydrogen-bond acceptors (Lipinski definition) is 9. The number of nitrogens with one attached hydrogen (secondary N) is 2. The van der Waals surface area contributed by atoms with Crippen molar-refractivity contribution in [1.29, 1.82) is 0 Å². The van der Waals surface area contributed by atoms with E-state index in [-0.39, 0.29) is 34.8 Å². The lowest BCUT2D eigenvalue weighted by molar-refractivity contribution is -0.0392. The summed E-state index contributed by atoms with van der Waals surface area (Å²) in [5.41, 5.74) is 7.36. The van der Waals surface area contributed by atoms with Gasteiger partial charge in [0.1, 0.15) is 11.6 Å². The highest BCUT2D eigenvalue weighted by Crippen LogP contribution is 2.42. The number of methoxy groups -OCH3 is 1. The number of halogens is 2. The Bertz CT molecular complexity index is 1610. The summed E-state index contributed by atoms with van der Waals surface area (Å²) in [6, 6.07) is 6.83. The van der Waals surface area contributed by atoms with E-state index >= 15 is 8.78 Å². The van der Waals surface area contributed by atoms with Gasteiger partial charge in [-0.3, -0.25) is 4.98 Å². The highest BCUT2D eigenvalue weighted by atomic mass is 19.1. The summed E-state index contributed by atoms with van der Waals surface area (Å²) in [5, 5.41) is 21.2. The van der Waals surface area contributed by atoms with Gasteiger partial charge in [-0.25, -0.2) is 18.6 Å². The maximum Gasteiger partial charge on any atom is 0.407 e. The first-order chi connectivity index (χ1) is 20.2. The summed E-state index contributed by atoms with van der Waals surface area (Å²) in [6.45, 7) is 3.08. The molecule has 1 aliphatic carbocycles. The van der Waals surface area contributed by atoms with Crippen LogP contribution >= 0.6 is 0 Å². The Hall–Kier alpha value is -4.36. The van der Waals surface area contributed by atoms with Crippen molar-refractivity contribution < 1.29 is 23.4 Å². The number of fused-ring (bicyclic) bond motifs is 1. The van der Waals surface area contributed by atoms with Crippen LogP contribution in [0.25, 0.3) is 16.8 Å². The highest BCUT2D eigenvalue weighted by molar-refractivity contribution is 5.74. The summed E-state index contributed by atoms with van der Waals surface area (Å²) in [7, 11) is 1.32. The predicted octanol–water partition coefficient (Wildman–Crippen LogP) is 3.69. The van der Waals surface area contributed by atoms with Crippen LogP contribution in [0.5, 0.6) is 0 Å². The van der Waals surface area contributed by atoms with Gasteiger partial charge in [-0.2, -0.15) is 9.61 Å². The molecule has 3 atom stereocenters. The minimum Gasteiger partial charge on any atom is -0.453 e. The van der Waals surface area contributed by atoms with Gasteiger partial charge in [0, 0.05) is 25.3 Å². The Kier molecular flexibility index (Phi) is 7.15. The van der Waals surface area contributed by atoms with E-state index in [9.17, 15) is 9.90 Å². The van der Waals surface area contributed by atoms with Crippen LogP contribution in [0.15, 0.2) is 48.9 Å². The molecule has 4 heterocycles. The zero-order chi connectivity index (χ0) is 29.6. The van der Waals surface area contributed by atoms with Crippen LogP contribution < -0.4 is 21.3 Å². The Morgan fingerprint density at radius 2 is 1.93 bits per heavy atom. The number of pyridine rings is 1. The van der Waals surface area contributed by atoms with Gasteiger partial charge < -0.3 is 31.1 Å². The summed E-state index contributed by atoms with van der Waals surface area (Å²) in [4.78, 5) is 22.6. The smallest absolute Gasteiger partial charge is 0.407 e. The number of anilines is 3. The van der Waals surface area contributed by atoms with E-state index in [0.29, 0.717) is 43.1 Å². The number of alkyl carbamates (subject to hydrolysis) is 1. The average Bonchev–Trinajstić information content (AvgIpc) is 3.35. The normalized spacial score (nSPS) is 21.6. The zero-order valence-electron chi connectivity index (χ0n) is 23.2. The van der Waals surface area contributed by atoms with E-state index in [0.717, 1.165) is 12.1 Å². The quantitative estimate of drug-likeness (QED) is 0.269. The molecular formula is C29H32F2N8O3. The van der Waals surface area contributed by atoms with Crippen molar-refractivity contribution in [2.75, 3.05) is 30.4 Å². The number of nitrogens with zero attached hydrogens (tertiary/aromatic N) is 5. The minimum absolute atomic E-state index is 0.0199. The lowest BCUT2D eigenvalue weighted by atomic mass is 9.75. The molecule has 0 bridgehead atoms. The van der Waals surface area contributed by atoms with E-state index in [4.69, 9.17) is 10.5 Å². The standard InChI is InChI=1S/C29H32F2N8O3/c1-16-14-38(15-21(32)26(16)36-28(40)42-2)24-6-9-33-13-23(24)35-27-34-12-18-4-5-22(37-39(18)27)25-19(30)10-17(11-20(25)31)29(41)7-3-8-29/h4-6,9-13,16,21,26,41H,3,7-8,14-15,32H2,1-2H3,(H,34,35)(H,36,40)/t16-,21+,26-/m0/s1. The Morgan fingerprint density at radius 3 is 2.60 bits per heavy atom. The summed E-state index contributed by atoms with van der Waals surface area (Å²) < 4.78 is 36.6. The van der Waals surface area contributed by atoms with Gasteiger partial charge in [0.15, 0.2) is 0 Å². The van der Waals surface area contributed by atoms with Crippen LogP contribution in [0, 0.1) is 17.6 Å². The summed E-state index contributed by atoms with van der Waals surface area (Å²) in [6.07, 6.45) is 6.16. The van der Waals surface area contributed by atoms with E-state index in [1.54, 1.807) is 24.7 Å². The number of carbonyl (C=O) groups is 1. The van der Waals surface area contributed by atoms with Crippen molar-refractivity contribution in [3.63, 3.8) is 0 Å². The predicted molar refractivity (Wildman–Crippen MR) is 152 cm³/mol. The van der Waals surface area contributed by atoms with Gasteiger partial charge in [-0.15, -0.1) is 0 Å². The van der Waals surface area contributed by atoms with Crippen molar-refractivity contribution in [1.82, 2.24) is 24.9 Å². The molecule has 3 aromatic heterocycles. The Morgan fingerprint density at radius 1 is 1.17 bits per heavy atom. The number of piperidine rings is 1. The number of imidazole rings is 1. The number of aliphatic hydroxyl groups is 1. The average molecular weight is 579 g/mol. The monoisotopic (exact) mass is 578 g/mol. The van der Waals surface area contributed by atoms with E-state index < -0.39 is 23.3 Å². The van der Waals surface area contributed by atoms with E-state index in [2.05, 4.69) is 30.6 Å². The number of aromatic nitrogens is 4. The van der Waals surface area contributed by atoms with Crippen molar-refractivity contribution in [3.05, 3.63) is 66.1 Å². The second-order valence-electron chi connectivity index (χ2n) is 11.1. The second-order valence-corrected chi connectivity index (χ2v) is 11.1. The fraction of sp³-hybridized carbons (Fsp3) is 0.379. The number of carbonyl (C=O) groups excluding carboxylic acids is 1. The molecule has 0 spiro atoms. The maximum absolute atomic E-state index is 15.2. The zero-order valence-corrected chi connectivity index (χ0v) is 23.2. The highest BCUT2D eigenvalue weighted by Gasteiger charge is 2.38. The number of amides is 1. The molecule has 1 saturated heterocycles. The molecule has 5 N–H and O–H groups in total. The second kappa shape index (κ2) is 10.8. The van der Waals surface area contributed by atoms with Crippen LogP contribution in [0.1, 0.15) is 31.7 Å². The molecule has 1 saturated carbocycles. The van der Waals surface area contributed by atoms with Crippen LogP contribution in [0.3, 0.4) is 0 Å². The lowest BCUT2D eigenvalue weighted by Gasteiger charge is -2.42. The molecule has 6 rings (SSSR count). The Balaban J connectivity index is 1.28. The number of nitrogens with two attached hydrogens (primary N) is 1. The molecular weight excluding hydrogens is 546 g/mol. The molecule has 1 aromatic carbocycles. The fourth-order valence-corrected chi connectivity index (χ4v) is 5.83.